The quantitative estimate of drug-likeness (QED) is 0.473. The second-order valence-electron chi connectivity index (χ2n) is 8.85. The van der Waals surface area contributed by atoms with Crippen LogP contribution in [0.5, 0.6) is 0 Å². The zero-order valence-electron chi connectivity index (χ0n) is 19.3. The third-order valence-corrected chi connectivity index (χ3v) is 6.37. The van der Waals surface area contributed by atoms with Crippen molar-refractivity contribution in [1.82, 2.24) is 5.32 Å². The highest BCUT2D eigenvalue weighted by Gasteiger charge is 2.36. The van der Waals surface area contributed by atoms with Gasteiger partial charge in [0.15, 0.2) is 0 Å². The first-order chi connectivity index (χ1) is 15.5. The summed E-state index contributed by atoms with van der Waals surface area (Å²) in [7, 11) is 0. The van der Waals surface area contributed by atoms with Crippen LogP contribution in [0.3, 0.4) is 0 Å². The topological polar surface area (TPSA) is 12.0 Å². The van der Waals surface area contributed by atoms with Gasteiger partial charge in [-0.15, -0.1) is 0 Å². The van der Waals surface area contributed by atoms with Gasteiger partial charge in [-0.3, -0.25) is 0 Å². The molecule has 0 saturated carbocycles. The molecule has 2 heteroatoms. The van der Waals surface area contributed by atoms with Crippen molar-refractivity contribution in [3.05, 3.63) is 119 Å². The predicted octanol–water partition coefficient (Wildman–Crippen LogP) is 8.07. The van der Waals surface area contributed by atoms with Gasteiger partial charge in [0.05, 0.1) is 0 Å². The van der Waals surface area contributed by atoms with Crippen molar-refractivity contribution in [1.29, 1.82) is 0 Å². The monoisotopic (exact) mass is 425 g/mol. The van der Waals surface area contributed by atoms with E-state index in [1.165, 1.54) is 27.9 Å². The van der Waals surface area contributed by atoms with Crippen molar-refractivity contribution >= 4 is 11.1 Å². The molecule has 1 nitrogen and oxygen atoms in total. The Balaban J connectivity index is 1.93. The fourth-order valence-electron chi connectivity index (χ4n) is 5.05. The van der Waals surface area contributed by atoms with E-state index in [9.17, 15) is 4.39 Å². The number of halogens is 1. The third kappa shape index (κ3) is 4.27. The molecule has 164 valence electrons. The van der Waals surface area contributed by atoms with Crippen molar-refractivity contribution < 1.29 is 4.39 Å². The van der Waals surface area contributed by atoms with Crippen LogP contribution in [0.15, 0.2) is 102 Å². The first-order valence-corrected chi connectivity index (χ1v) is 11.6. The molecule has 2 aliphatic rings. The Morgan fingerprint density at radius 2 is 1.75 bits per heavy atom. The minimum absolute atomic E-state index is 0.207. The average molecular weight is 426 g/mol. The molecular formula is C30H32FN. The molecule has 1 atom stereocenters. The maximum absolute atomic E-state index is 13.8. The highest BCUT2D eigenvalue weighted by molar-refractivity contribution is 6.06. The maximum atomic E-state index is 13.8. The summed E-state index contributed by atoms with van der Waals surface area (Å²) in [6, 6.07) is 17.5. The zero-order chi connectivity index (χ0) is 22.7. The lowest BCUT2D eigenvalue weighted by Gasteiger charge is -2.22. The van der Waals surface area contributed by atoms with Crippen LogP contribution in [0.25, 0.3) is 11.1 Å². The van der Waals surface area contributed by atoms with E-state index in [0.717, 1.165) is 36.2 Å². The van der Waals surface area contributed by atoms with Crippen LogP contribution < -0.4 is 5.32 Å². The first-order valence-electron chi connectivity index (χ1n) is 11.6. The number of hydrogen-bond donors (Lipinski definition) is 1. The van der Waals surface area contributed by atoms with Crippen molar-refractivity contribution in [2.45, 2.75) is 40.0 Å². The largest absolute Gasteiger partial charge is 0.356 e. The molecule has 0 heterocycles. The second-order valence-corrected chi connectivity index (χ2v) is 8.85. The van der Waals surface area contributed by atoms with E-state index in [0.29, 0.717) is 5.92 Å². The highest BCUT2D eigenvalue weighted by Crippen LogP contribution is 2.52. The van der Waals surface area contributed by atoms with Crippen molar-refractivity contribution in [2.24, 2.45) is 11.8 Å². The van der Waals surface area contributed by atoms with Crippen molar-refractivity contribution in [3.63, 3.8) is 0 Å². The Morgan fingerprint density at radius 1 is 1.03 bits per heavy atom. The van der Waals surface area contributed by atoms with Gasteiger partial charge in [0.2, 0.25) is 0 Å². The summed E-state index contributed by atoms with van der Waals surface area (Å²) in [5.74, 6) is 0.419. The molecule has 32 heavy (non-hydrogen) atoms. The van der Waals surface area contributed by atoms with E-state index in [1.807, 2.05) is 18.2 Å². The summed E-state index contributed by atoms with van der Waals surface area (Å²) in [4.78, 5) is 0. The first kappa shape index (κ1) is 22.1. The van der Waals surface area contributed by atoms with Gasteiger partial charge in [-0.25, -0.2) is 4.39 Å². The summed E-state index contributed by atoms with van der Waals surface area (Å²) >= 11 is 0. The van der Waals surface area contributed by atoms with Crippen LogP contribution >= 0.6 is 0 Å². The summed E-state index contributed by atoms with van der Waals surface area (Å²) in [5.41, 5.74) is 9.38. The van der Waals surface area contributed by atoms with E-state index in [1.54, 1.807) is 12.1 Å². The van der Waals surface area contributed by atoms with Crippen LogP contribution in [0, 0.1) is 17.7 Å². The molecular weight excluding hydrogens is 393 g/mol. The molecule has 0 saturated heterocycles. The van der Waals surface area contributed by atoms with Crippen LogP contribution in [0.2, 0.25) is 0 Å². The van der Waals surface area contributed by atoms with Crippen LogP contribution in [0.1, 0.15) is 51.2 Å². The number of allylic oxidation sites excluding steroid dienone is 6. The van der Waals surface area contributed by atoms with Crippen molar-refractivity contribution in [3.8, 4) is 0 Å². The SMILES string of the molecule is C=C(NC1=CCCC=C1)C1=C(C(C)C)C(CC)C(c2ccc(F)cc2)=C1c1ccccc1. The van der Waals surface area contributed by atoms with E-state index in [-0.39, 0.29) is 11.7 Å². The fourth-order valence-corrected chi connectivity index (χ4v) is 5.05. The molecule has 2 aromatic carbocycles. The van der Waals surface area contributed by atoms with Gasteiger partial charge in [0.1, 0.15) is 5.82 Å². The fraction of sp³-hybridized carbons (Fsp3) is 0.267. The minimum Gasteiger partial charge on any atom is -0.356 e. The minimum atomic E-state index is -0.207. The van der Waals surface area contributed by atoms with Crippen molar-refractivity contribution in [2.75, 3.05) is 0 Å². The average Bonchev–Trinajstić information content (AvgIpc) is 3.16. The molecule has 0 aliphatic heterocycles. The van der Waals surface area contributed by atoms with Gasteiger partial charge in [-0.05, 0) is 65.7 Å². The molecule has 1 unspecified atom stereocenters. The molecule has 0 amide bonds. The zero-order valence-corrected chi connectivity index (χ0v) is 19.3. The predicted molar refractivity (Wildman–Crippen MR) is 134 cm³/mol. The molecule has 2 aliphatic carbocycles. The molecule has 1 N–H and O–H groups in total. The van der Waals surface area contributed by atoms with Gasteiger partial charge in [0, 0.05) is 22.9 Å². The van der Waals surface area contributed by atoms with Crippen LogP contribution in [0.4, 0.5) is 4.39 Å². The van der Waals surface area contributed by atoms with E-state index in [2.05, 4.69) is 75.2 Å². The lowest BCUT2D eigenvalue weighted by molar-refractivity contribution is 0.623. The smallest absolute Gasteiger partial charge is 0.123 e. The lowest BCUT2D eigenvalue weighted by atomic mass is 9.83. The van der Waals surface area contributed by atoms with Gasteiger partial charge in [0.25, 0.3) is 0 Å². The summed E-state index contributed by atoms with van der Waals surface area (Å²) in [5, 5.41) is 3.60. The molecule has 0 aromatic heterocycles. The standard InChI is InChI=1S/C30H32FN/c1-5-26-27(20(2)3)28(21(4)32-25-14-10-7-11-15-25)30(22-12-8-6-9-13-22)29(26)23-16-18-24(31)19-17-23/h6,8-10,12-20,26,32H,4-5,7,11H2,1-3H3. The number of nitrogens with one attached hydrogen (secondary N) is 1. The Bertz CT molecular complexity index is 1110. The van der Waals surface area contributed by atoms with Crippen LogP contribution in [-0.2, 0) is 0 Å². The lowest BCUT2D eigenvalue weighted by Crippen LogP contribution is -2.16. The van der Waals surface area contributed by atoms with Gasteiger partial charge < -0.3 is 5.32 Å². The Hall–Kier alpha value is -3.13. The molecule has 0 radical (unpaired) electrons. The molecule has 4 rings (SSSR count). The Kier molecular flexibility index (Phi) is 6.60. The Labute approximate surface area is 191 Å². The maximum Gasteiger partial charge on any atom is 0.123 e. The number of rotatable bonds is 7. The normalized spacial score (nSPS) is 18.4. The highest BCUT2D eigenvalue weighted by atomic mass is 19.1. The van der Waals surface area contributed by atoms with Crippen LogP contribution in [-0.4, -0.2) is 0 Å². The third-order valence-electron chi connectivity index (χ3n) is 6.37. The summed E-state index contributed by atoms with van der Waals surface area (Å²) < 4.78 is 13.8. The van der Waals surface area contributed by atoms with E-state index >= 15 is 0 Å². The van der Waals surface area contributed by atoms with E-state index < -0.39 is 0 Å². The van der Waals surface area contributed by atoms with E-state index in [4.69, 9.17) is 0 Å². The Morgan fingerprint density at radius 3 is 2.34 bits per heavy atom. The van der Waals surface area contributed by atoms with Gasteiger partial charge >= 0.3 is 0 Å². The second kappa shape index (κ2) is 9.56. The van der Waals surface area contributed by atoms with Gasteiger partial charge in [-0.2, -0.15) is 0 Å². The molecule has 0 spiro atoms. The summed E-state index contributed by atoms with van der Waals surface area (Å²) in [6.45, 7) is 11.3. The number of benzene rings is 2. The summed E-state index contributed by atoms with van der Waals surface area (Å²) in [6.07, 6.45) is 9.69. The molecule has 2 aromatic rings. The number of hydrogen-bond acceptors (Lipinski definition) is 1. The molecule has 0 bridgehead atoms. The van der Waals surface area contributed by atoms with Gasteiger partial charge in [-0.1, -0.05) is 87.5 Å². The molecule has 0 fully saturated rings.